The lowest BCUT2D eigenvalue weighted by Crippen LogP contribution is -2.30. The number of carbonyl (C=O) groups is 2. The van der Waals surface area contributed by atoms with Gasteiger partial charge in [-0.15, -0.1) is 0 Å². The van der Waals surface area contributed by atoms with Crippen molar-refractivity contribution in [3.8, 4) is 5.75 Å². The van der Waals surface area contributed by atoms with Crippen molar-refractivity contribution in [2.75, 3.05) is 7.11 Å². The van der Waals surface area contributed by atoms with Gasteiger partial charge in [0.05, 0.1) is 7.11 Å². The fourth-order valence-electron chi connectivity index (χ4n) is 1.47. The molecule has 1 N–H and O–H groups in total. The molecule has 0 unspecified atom stereocenters. The van der Waals surface area contributed by atoms with Crippen LogP contribution >= 0.6 is 0 Å². The SMILES string of the molecule is COC(=O)Cn1c(C)cc(O)c(C(C)=O)c1=O. The van der Waals surface area contributed by atoms with Gasteiger partial charge in [0, 0.05) is 11.8 Å². The molecule has 0 fully saturated rings. The summed E-state index contributed by atoms with van der Waals surface area (Å²) in [5.41, 5.74) is -0.636. The Kier molecular flexibility index (Phi) is 3.67. The number of esters is 1. The van der Waals surface area contributed by atoms with Gasteiger partial charge in [-0.2, -0.15) is 0 Å². The number of hydrogen-bond acceptors (Lipinski definition) is 5. The summed E-state index contributed by atoms with van der Waals surface area (Å²) in [5.74, 6) is -1.53. The van der Waals surface area contributed by atoms with Gasteiger partial charge in [-0.3, -0.25) is 14.4 Å². The van der Waals surface area contributed by atoms with E-state index >= 15 is 0 Å². The lowest BCUT2D eigenvalue weighted by molar-refractivity contribution is -0.141. The van der Waals surface area contributed by atoms with Crippen LogP contribution in [0.25, 0.3) is 0 Å². The van der Waals surface area contributed by atoms with Gasteiger partial charge in [0.25, 0.3) is 5.56 Å². The van der Waals surface area contributed by atoms with E-state index in [1.165, 1.54) is 20.1 Å². The molecule has 0 saturated carbocycles. The minimum Gasteiger partial charge on any atom is -0.507 e. The Balaban J connectivity index is 3.41. The summed E-state index contributed by atoms with van der Waals surface area (Å²) in [6.45, 7) is 2.43. The van der Waals surface area contributed by atoms with Crippen LogP contribution in [0.2, 0.25) is 0 Å². The highest BCUT2D eigenvalue weighted by atomic mass is 16.5. The van der Waals surface area contributed by atoms with E-state index in [1.54, 1.807) is 6.92 Å². The largest absolute Gasteiger partial charge is 0.507 e. The van der Waals surface area contributed by atoms with E-state index in [4.69, 9.17) is 0 Å². The van der Waals surface area contributed by atoms with Crippen LogP contribution in [0.5, 0.6) is 5.75 Å². The van der Waals surface area contributed by atoms with Gasteiger partial charge < -0.3 is 14.4 Å². The van der Waals surface area contributed by atoms with Crippen LogP contribution in [-0.4, -0.2) is 28.5 Å². The topological polar surface area (TPSA) is 85.6 Å². The number of methoxy groups -OCH3 is 1. The van der Waals surface area contributed by atoms with Crippen molar-refractivity contribution in [2.24, 2.45) is 0 Å². The summed E-state index contributed by atoms with van der Waals surface area (Å²) in [6.07, 6.45) is 0. The second-order valence-corrected chi connectivity index (χ2v) is 3.57. The summed E-state index contributed by atoms with van der Waals surface area (Å²) in [5, 5.41) is 9.51. The quantitative estimate of drug-likeness (QED) is 0.603. The number of aryl methyl sites for hydroxylation is 1. The molecule has 1 rings (SSSR count). The zero-order valence-corrected chi connectivity index (χ0v) is 9.81. The predicted molar refractivity (Wildman–Crippen MR) is 59.1 cm³/mol. The van der Waals surface area contributed by atoms with Gasteiger partial charge in [0.15, 0.2) is 5.78 Å². The Morgan fingerprint density at radius 1 is 1.47 bits per heavy atom. The summed E-state index contributed by atoms with van der Waals surface area (Å²) < 4.78 is 5.53. The zero-order chi connectivity index (χ0) is 13.2. The van der Waals surface area contributed by atoms with E-state index in [0.717, 1.165) is 4.57 Å². The molecule has 1 aromatic heterocycles. The maximum atomic E-state index is 11.9. The van der Waals surface area contributed by atoms with Crippen LogP contribution in [0.3, 0.4) is 0 Å². The van der Waals surface area contributed by atoms with E-state index in [1.807, 2.05) is 0 Å². The van der Waals surface area contributed by atoms with Crippen LogP contribution < -0.4 is 5.56 Å². The molecule has 0 aliphatic heterocycles. The number of carbonyl (C=O) groups excluding carboxylic acids is 2. The number of aromatic hydroxyl groups is 1. The Labute approximate surface area is 97.4 Å². The molecule has 0 atom stereocenters. The average molecular weight is 239 g/mol. The zero-order valence-electron chi connectivity index (χ0n) is 9.81. The van der Waals surface area contributed by atoms with Crippen LogP contribution in [0.1, 0.15) is 23.0 Å². The number of ketones is 1. The molecule has 0 aliphatic carbocycles. The fraction of sp³-hybridized carbons (Fsp3) is 0.364. The highest BCUT2D eigenvalue weighted by Gasteiger charge is 2.17. The van der Waals surface area contributed by atoms with Gasteiger partial charge >= 0.3 is 5.97 Å². The van der Waals surface area contributed by atoms with Gasteiger partial charge in [0.2, 0.25) is 0 Å². The van der Waals surface area contributed by atoms with E-state index in [9.17, 15) is 19.5 Å². The molecule has 0 radical (unpaired) electrons. The van der Waals surface area contributed by atoms with Crippen molar-refractivity contribution in [3.63, 3.8) is 0 Å². The van der Waals surface area contributed by atoms with E-state index in [0.29, 0.717) is 5.69 Å². The molecule has 0 aromatic carbocycles. The Bertz CT molecular complexity index is 529. The highest BCUT2D eigenvalue weighted by molar-refractivity contribution is 5.96. The minimum atomic E-state index is -0.694. The molecule has 0 amide bonds. The Morgan fingerprint density at radius 3 is 2.53 bits per heavy atom. The molecule has 6 nitrogen and oxygen atoms in total. The molecule has 6 heteroatoms. The van der Waals surface area contributed by atoms with E-state index < -0.39 is 17.3 Å². The molecule has 0 saturated heterocycles. The second kappa shape index (κ2) is 4.82. The first kappa shape index (κ1) is 13.0. The van der Waals surface area contributed by atoms with Crippen LogP contribution in [0, 0.1) is 6.92 Å². The van der Waals surface area contributed by atoms with Crippen LogP contribution in [0.15, 0.2) is 10.9 Å². The van der Waals surface area contributed by atoms with Crippen LogP contribution in [-0.2, 0) is 16.1 Å². The molecule has 0 aliphatic rings. The Hall–Kier alpha value is -2.11. The standard InChI is InChI=1S/C11H13NO5/c1-6-4-8(14)10(7(2)13)11(16)12(6)5-9(15)17-3/h4,14H,5H2,1-3H3. The summed E-state index contributed by atoms with van der Waals surface area (Å²) in [7, 11) is 1.20. The number of ether oxygens (including phenoxy) is 1. The monoisotopic (exact) mass is 239 g/mol. The third-order valence-corrected chi connectivity index (χ3v) is 2.35. The van der Waals surface area contributed by atoms with Crippen molar-refractivity contribution in [2.45, 2.75) is 20.4 Å². The first-order valence-electron chi connectivity index (χ1n) is 4.89. The maximum Gasteiger partial charge on any atom is 0.325 e. The van der Waals surface area contributed by atoms with E-state index in [-0.39, 0.29) is 17.9 Å². The van der Waals surface area contributed by atoms with Crippen molar-refractivity contribution < 1.29 is 19.4 Å². The predicted octanol–water partition coefficient (Wildman–Crippen LogP) is 0.238. The highest BCUT2D eigenvalue weighted by Crippen LogP contribution is 2.15. The average Bonchev–Trinajstić information content (AvgIpc) is 2.22. The van der Waals surface area contributed by atoms with Crippen molar-refractivity contribution in [1.82, 2.24) is 4.57 Å². The molecule has 92 valence electrons. The number of rotatable bonds is 3. The van der Waals surface area contributed by atoms with Gasteiger partial charge in [-0.1, -0.05) is 0 Å². The molecule has 1 heterocycles. The van der Waals surface area contributed by atoms with Gasteiger partial charge in [-0.05, 0) is 13.8 Å². The minimum absolute atomic E-state index is 0.290. The molecule has 0 bridgehead atoms. The molecular weight excluding hydrogens is 226 g/mol. The first-order valence-corrected chi connectivity index (χ1v) is 4.89. The smallest absolute Gasteiger partial charge is 0.325 e. The third kappa shape index (κ3) is 2.52. The number of pyridine rings is 1. The summed E-state index contributed by atoms with van der Waals surface area (Å²) in [6, 6.07) is 1.26. The lowest BCUT2D eigenvalue weighted by atomic mass is 10.1. The van der Waals surface area contributed by atoms with Crippen LogP contribution in [0.4, 0.5) is 0 Å². The summed E-state index contributed by atoms with van der Waals surface area (Å²) >= 11 is 0. The second-order valence-electron chi connectivity index (χ2n) is 3.57. The molecular formula is C11H13NO5. The van der Waals surface area contributed by atoms with E-state index in [2.05, 4.69) is 4.74 Å². The number of aromatic nitrogens is 1. The lowest BCUT2D eigenvalue weighted by Gasteiger charge is -2.11. The molecule has 17 heavy (non-hydrogen) atoms. The van der Waals surface area contributed by atoms with Gasteiger partial charge in [0.1, 0.15) is 17.9 Å². The number of Topliss-reactive ketones (excluding diaryl/α,β-unsaturated/α-hetero) is 1. The maximum absolute atomic E-state index is 11.9. The molecule has 0 spiro atoms. The normalized spacial score (nSPS) is 10.1. The number of hydrogen-bond donors (Lipinski definition) is 1. The van der Waals surface area contributed by atoms with Crippen molar-refractivity contribution >= 4 is 11.8 Å². The summed E-state index contributed by atoms with van der Waals surface area (Å²) in [4.78, 5) is 34.2. The third-order valence-electron chi connectivity index (χ3n) is 2.35. The molecule has 1 aromatic rings. The van der Waals surface area contributed by atoms with Crippen molar-refractivity contribution in [1.29, 1.82) is 0 Å². The van der Waals surface area contributed by atoms with Crippen molar-refractivity contribution in [3.05, 3.63) is 27.7 Å². The van der Waals surface area contributed by atoms with Gasteiger partial charge in [-0.25, -0.2) is 0 Å². The Morgan fingerprint density at radius 2 is 2.06 bits per heavy atom. The number of nitrogens with zero attached hydrogens (tertiary/aromatic N) is 1. The fourth-order valence-corrected chi connectivity index (χ4v) is 1.47. The first-order chi connectivity index (χ1) is 7.88.